The van der Waals surface area contributed by atoms with Crippen LogP contribution in [-0.2, 0) is 12.5 Å². The van der Waals surface area contributed by atoms with Gasteiger partial charge in [0.25, 0.3) is 0 Å². The predicted molar refractivity (Wildman–Crippen MR) is 78.7 cm³/mol. The van der Waals surface area contributed by atoms with Crippen LogP contribution in [0.5, 0.6) is 5.75 Å². The molecule has 0 unspecified atom stereocenters. The highest BCUT2D eigenvalue weighted by atomic mass is 16.5. The Kier molecular flexibility index (Phi) is 3.02. The highest BCUT2D eigenvalue weighted by Gasteiger charge is 2.36. The number of fused-ring (bicyclic) bond motifs is 1. The van der Waals surface area contributed by atoms with Crippen LogP contribution in [0.3, 0.4) is 0 Å². The molecule has 0 saturated heterocycles. The van der Waals surface area contributed by atoms with Crippen molar-refractivity contribution in [2.45, 2.75) is 31.1 Å². The zero-order chi connectivity index (χ0) is 13.5. The Labute approximate surface area is 114 Å². The second-order valence-electron chi connectivity index (χ2n) is 5.70. The predicted octanol–water partition coefficient (Wildman–Crippen LogP) is 2.96. The molecule has 102 valence electrons. The van der Waals surface area contributed by atoms with Gasteiger partial charge in [-0.1, -0.05) is 18.9 Å². The summed E-state index contributed by atoms with van der Waals surface area (Å²) in [6.07, 6.45) is 7.10. The Hall–Kier alpha value is -1.48. The minimum Gasteiger partial charge on any atom is -0.495 e. The number of methoxy groups -OCH3 is 1. The van der Waals surface area contributed by atoms with Crippen LogP contribution in [0.15, 0.2) is 24.4 Å². The highest BCUT2D eigenvalue weighted by Crippen LogP contribution is 2.44. The van der Waals surface area contributed by atoms with Crippen LogP contribution in [0.4, 0.5) is 0 Å². The second-order valence-corrected chi connectivity index (χ2v) is 5.70. The molecule has 3 nitrogen and oxygen atoms in total. The van der Waals surface area contributed by atoms with Gasteiger partial charge in [-0.25, -0.2) is 0 Å². The van der Waals surface area contributed by atoms with Crippen LogP contribution < -0.4 is 10.5 Å². The normalized spacial score (nSPS) is 18.1. The number of hydrogen-bond donors (Lipinski definition) is 1. The highest BCUT2D eigenvalue weighted by molar-refractivity contribution is 5.90. The Bertz CT molecular complexity index is 594. The van der Waals surface area contributed by atoms with Crippen molar-refractivity contribution in [3.05, 3.63) is 30.0 Å². The summed E-state index contributed by atoms with van der Waals surface area (Å²) in [4.78, 5) is 0. The number of benzene rings is 1. The third kappa shape index (κ3) is 1.76. The summed E-state index contributed by atoms with van der Waals surface area (Å²) in [7, 11) is 3.80. The average molecular weight is 258 g/mol. The summed E-state index contributed by atoms with van der Waals surface area (Å²) in [5, 5.41) is 1.30. The van der Waals surface area contributed by atoms with Gasteiger partial charge in [-0.2, -0.15) is 0 Å². The zero-order valence-electron chi connectivity index (χ0n) is 11.8. The van der Waals surface area contributed by atoms with Crippen LogP contribution >= 0.6 is 0 Å². The first kappa shape index (κ1) is 12.5. The largest absolute Gasteiger partial charge is 0.495 e. The number of nitrogens with two attached hydrogens (primary N) is 1. The molecule has 0 bridgehead atoms. The van der Waals surface area contributed by atoms with Gasteiger partial charge in [-0.3, -0.25) is 0 Å². The maximum Gasteiger partial charge on any atom is 0.143 e. The van der Waals surface area contributed by atoms with Crippen LogP contribution in [0.2, 0.25) is 0 Å². The summed E-state index contributed by atoms with van der Waals surface area (Å²) < 4.78 is 7.63. The fourth-order valence-electron chi connectivity index (χ4n) is 3.64. The molecule has 0 aliphatic heterocycles. The van der Waals surface area contributed by atoms with Gasteiger partial charge in [0.2, 0.25) is 0 Å². The first-order valence-corrected chi connectivity index (χ1v) is 7.04. The lowest BCUT2D eigenvalue weighted by atomic mass is 9.77. The zero-order valence-corrected chi connectivity index (χ0v) is 11.8. The smallest absolute Gasteiger partial charge is 0.143 e. The van der Waals surface area contributed by atoms with E-state index >= 15 is 0 Å². The molecule has 0 radical (unpaired) electrons. The van der Waals surface area contributed by atoms with E-state index in [1.165, 1.54) is 42.1 Å². The summed E-state index contributed by atoms with van der Waals surface area (Å²) in [5.74, 6) is 0.941. The molecule has 19 heavy (non-hydrogen) atoms. The molecule has 2 aromatic rings. The third-order valence-electron chi connectivity index (χ3n) is 4.74. The Morgan fingerprint density at radius 1 is 1.26 bits per heavy atom. The van der Waals surface area contributed by atoms with E-state index in [9.17, 15) is 0 Å². The maximum atomic E-state index is 6.13. The van der Waals surface area contributed by atoms with Crippen molar-refractivity contribution >= 4 is 10.9 Å². The van der Waals surface area contributed by atoms with Crippen LogP contribution in [0, 0.1) is 0 Å². The van der Waals surface area contributed by atoms with Crippen molar-refractivity contribution in [2.24, 2.45) is 12.8 Å². The molecule has 1 aromatic heterocycles. The summed E-state index contributed by atoms with van der Waals surface area (Å²) in [6.45, 7) is 0.739. The summed E-state index contributed by atoms with van der Waals surface area (Å²) >= 11 is 0. The molecule has 3 rings (SSSR count). The van der Waals surface area contributed by atoms with E-state index in [4.69, 9.17) is 10.5 Å². The van der Waals surface area contributed by atoms with Crippen LogP contribution in [-0.4, -0.2) is 18.2 Å². The van der Waals surface area contributed by atoms with Crippen molar-refractivity contribution < 1.29 is 4.74 Å². The van der Waals surface area contributed by atoms with Gasteiger partial charge >= 0.3 is 0 Å². The molecule has 1 fully saturated rings. The maximum absolute atomic E-state index is 6.13. The molecule has 1 aliphatic rings. The van der Waals surface area contributed by atoms with Crippen LogP contribution in [0.1, 0.15) is 31.2 Å². The molecular weight excluding hydrogens is 236 g/mol. The van der Waals surface area contributed by atoms with Gasteiger partial charge in [-0.05, 0) is 30.5 Å². The number of nitrogens with zero attached hydrogens (tertiary/aromatic N) is 1. The molecule has 1 heterocycles. The second kappa shape index (κ2) is 4.57. The molecule has 2 N–H and O–H groups in total. The Balaban J connectivity index is 2.25. The molecule has 3 heteroatoms. The van der Waals surface area contributed by atoms with Crippen molar-refractivity contribution in [2.75, 3.05) is 13.7 Å². The first-order chi connectivity index (χ1) is 9.22. The lowest BCUT2D eigenvalue weighted by molar-refractivity contribution is 0.416. The Morgan fingerprint density at radius 3 is 2.63 bits per heavy atom. The van der Waals surface area contributed by atoms with E-state index in [1.54, 1.807) is 7.11 Å². The lowest BCUT2D eigenvalue weighted by Crippen LogP contribution is -2.32. The summed E-state index contributed by atoms with van der Waals surface area (Å²) in [6, 6.07) is 6.51. The van der Waals surface area contributed by atoms with E-state index in [1.807, 2.05) is 0 Å². The minimum absolute atomic E-state index is 0.172. The minimum atomic E-state index is 0.172. The van der Waals surface area contributed by atoms with Gasteiger partial charge in [-0.15, -0.1) is 0 Å². The number of aryl methyl sites for hydroxylation is 1. The fraction of sp³-hybridized carbons (Fsp3) is 0.500. The molecule has 0 atom stereocenters. The standard InChI is InChI=1S/C16H22N2O/c1-18-10-7-12-13(5-6-14(19-2)15(12)18)16(11-17)8-3-4-9-16/h5-7,10H,3-4,8-9,11,17H2,1-2H3. The van der Waals surface area contributed by atoms with Gasteiger partial charge in [0.05, 0.1) is 12.6 Å². The molecule has 1 aromatic carbocycles. The van der Waals surface area contributed by atoms with E-state index in [-0.39, 0.29) is 5.41 Å². The van der Waals surface area contributed by atoms with Crippen LogP contribution in [0.25, 0.3) is 10.9 Å². The number of ether oxygens (including phenoxy) is 1. The summed E-state index contributed by atoms with van der Waals surface area (Å²) in [5.41, 5.74) is 8.89. The monoisotopic (exact) mass is 258 g/mol. The molecule has 0 amide bonds. The van der Waals surface area contributed by atoms with E-state index in [0.29, 0.717) is 0 Å². The number of rotatable bonds is 3. The van der Waals surface area contributed by atoms with Crippen molar-refractivity contribution in [3.63, 3.8) is 0 Å². The number of hydrogen-bond acceptors (Lipinski definition) is 2. The molecule has 1 aliphatic carbocycles. The average Bonchev–Trinajstić information content (AvgIpc) is 3.06. The van der Waals surface area contributed by atoms with Crippen molar-refractivity contribution in [1.82, 2.24) is 4.57 Å². The first-order valence-electron chi connectivity index (χ1n) is 7.04. The SMILES string of the molecule is COc1ccc(C2(CN)CCCC2)c2ccn(C)c12. The fourth-order valence-corrected chi connectivity index (χ4v) is 3.64. The third-order valence-corrected chi connectivity index (χ3v) is 4.74. The lowest BCUT2D eigenvalue weighted by Gasteiger charge is -2.29. The van der Waals surface area contributed by atoms with E-state index in [2.05, 4.69) is 36.0 Å². The van der Waals surface area contributed by atoms with E-state index in [0.717, 1.165) is 12.3 Å². The molecular formula is C16H22N2O. The quantitative estimate of drug-likeness (QED) is 0.919. The van der Waals surface area contributed by atoms with Gasteiger partial charge in [0.15, 0.2) is 0 Å². The molecule has 1 saturated carbocycles. The number of aromatic nitrogens is 1. The van der Waals surface area contributed by atoms with Crippen molar-refractivity contribution in [3.8, 4) is 5.75 Å². The van der Waals surface area contributed by atoms with Gasteiger partial charge in [0, 0.05) is 30.6 Å². The van der Waals surface area contributed by atoms with E-state index < -0.39 is 0 Å². The Morgan fingerprint density at radius 2 is 2.00 bits per heavy atom. The van der Waals surface area contributed by atoms with Crippen molar-refractivity contribution in [1.29, 1.82) is 0 Å². The van der Waals surface area contributed by atoms with Gasteiger partial charge in [0.1, 0.15) is 5.75 Å². The van der Waals surface area contributed by atoms with Gasteiger partial charge < -0.3 is 15.0 Å². The molecule has 0 spiro atoms. The topological polar surface area (TPSA) is 40.2 Å².